The molecule has 2 aromatic rings. The van der Waals surface area contributed by atoms with Gasteiger partial charge in [0.2, 0.25) is 0 Å². The quantitative estimate of drug-likeness (QED) is 0.694. The van der Waals surface area contributed by atoms with Gasteiger partial charge in [-0.2, -0.15) is 8.78 Å². The van der Waals surface area contributed by atoms with Gasteiger partial charge in [0.05, 0.1) is 6.04 Å². The molecule has 4 nitrogen and oxygen atoms in total. The normalized spacial score (nSPS) is 11.9. The molecule has 0 spiro atoms. The molecule has 0 radical (unpaired) electrons. The minimum atomic E-state index is -2.83. The highest BCUT2D eigenvalue weighted by molar-refractivity contribution is 9.10. The highest BCUT2D eigenvalue weighted by Crippen LogP contribution is 2.17. The average molecular weight is 413 g/mol. The predicted molar refractivity (Wildman–Crippen MR) is 95.9 cm³/mol. The Morgan fingerprint density at radius 2 is 1.76 bits per heavy atom. The number of halogens is 3. The van der Waals surface area contributed by atoms with Crippen LogP contribution in [-0.4, -0.2) is 19.2 Å². The Morgan fingerprint density at radius 1 is 1.12 bits per heavy atom. The van der Waals surface area contributed by atoms with E-state index < -0.39 is 6.61 Å². The number of benzene rings is 2. The van der Waals surface area contributed by atoms with E-state index in [0.29, 0.717) is 13.0 Å². The van der Waals surface area contributed by atoms with Crippen molar-refractivity contribution in [1.82, 2.24) is 10.6 Å². The fraction of sp³-hybridized carbons (Fsp3) is 0.278. The summed E-state index contributed by atoms with van der Waals surface area (Å²) < 4.78 is 29.4. The molecule has 1 atom stereocenters. The highest BCUT2D eigenvalue weighted by atomic mass is 79.9. The number of carbonyl (C=O) groups excluding carboxylic acids is 1. The Balaban J connectivity index is 1.73. The van der Waals surface area contributed by atoms with Gasteiger partial charge in [0.25, 0.3) is 0 Å². The Morgan fingerprint density at radius 3 is 2.36 bits per heavy atom. The van der Waals surface area contributed by atoms with Crippen molar-refractivity contribution in [2.75, 3.05) is 6.54 Å². The molecule has 0 aliphatic rings. The first-order chi connectivity index (χ1) is 11.9. The standard InChI is InChI=1S/C18H19BrF2N2O2/c1-12(14-4-6-15(19)7-5-14)23-18(24)22-11-10-13-2-8-16(9-3-13)25-17(20)21/h2-9,12,17H,10-11H2,1H3,(H2,22,23,24). The third kappa shape index (κ3) is 6.70. The molecule has 1 unspecified atom stereocenters. The van der Waals surface area contributed by atoms with Crippen LogP contribution in [0.25, 0.3) is 0 Å². The smallest absolute Gasteiger partial charge is 0.387 e. The highest BCUT2D eigenvalue weighted by Gasteiger charge is 2.09. The molecule has 2 N–H and O–H groups in total. The Labute approximate surface area is 153 Å². The zero-order chi connectivity index (χ0) is 18.2. The van der Waals surface area contributed by atoms with Crippen LogP contribution < -0.4 is 15.4 Å². The number of ether oxygens (including phenoxy) is 1. The van der Waals surface area contributed by atoms with Crippen molar-refractivity contribution in [3.63, 3.8) is 0 Å². The molecule has 25 heavy (non-hydrogen) atoms. The van der Waals surface area contributed by atoms with E-state index in [1.165, 1.54) is 12.1 Å². The zero-order valence-corrected chi connectivity index (χ0v) is 15.2. The van der Waals surface area contributed by atoms with Crippen molar-refractivity contribution in [3.05, 3.63) is 64.1 Å². The molecule has 134 valence electrons. The number of amides is 2. The number of rotatable bonds is 7. The summed E-state index contributed by atoms with van der Waals surface area (Å²) >= 11 is 3.37. The van der Waals surface area contributed by atoms with Gasteiger partial charge in [-0.05, 0) is 48.7 Å². The van der Waals surface area contributed by atoms with Crippen LogP contribution in [0.15, 0.2) is 53.0 Å². The molecule has 0 fully saturated rings. The van der Waals surface area contributed by atoms with Crippen molar-refractivity contribution >= 4 is 22.0 Å². The Bertz CT molecular complexity index is 678. The molecule has 0 aliphatic heterocycles. The molecule has 2 amide bonds. The molecule has 2 aromatic carbocycles. The summed E-state index contributed by atoms with van der Waals surface area (Å²) in [6.45, 7) is -0.484. The first-order valence-corrected chi connectivity index (χ1v) is 8.57. The minimum absolute atomic E-state index is 0.112. The van der Waals surface area contributed by atoms with Gasteiger partial charge < -0.3 is 15.4 Å². The lowest BCUT2D eigenvalue weighted by atomic mass is 10.1. The Hall–Kier alpha value is -2.15. The number of nitrogens with one attached hydrogen (secondary N) is 2. The summed E-state index contributed by atoms with van der Waals surface area (Å²) in [5.74, 6) is 0.118. The lowest BCUT2D eigenvalue weighted by Crippen LogP contribution is -2.38. The summed E-state index contributed by atoms with van der Waals surface area (Å²) in [5.41, 5.74) is 1.93. The molecule has 7 heteroatoms. The molecular weight excluding hydrogens is 394 g/mol. The fourth-order valence-electron chi connectivity index (χ4n) is 2.24. The SMILES string of the molecule is CC(NC(=O)NCCc1ccc(OC(F)F)cc1)c1ccc(Br)cc1. The van der Waals surface area contributed by atoms with E-state index >= 15 is 0 Å². The third-order valence-electron chi connectivity index (χ3n) is 3.57. The second-order valence-electron chi connectivity index (χ2n) is 5.45. The summed E-state index contributed by atoms with van der Waals surface area (Å²) in [4.78, 5) is 11.9. The van der Waals surface area contributed by atoms with Gasteiger partial charge in [0, 0.05) is 11.0 Å². The van der Waals surface area contributed by atoms with Gasteiger partial charge in [0.15, 0.2) is 0 Å². The van der Waals surface area contributed by atoms with Crippen molar-refractivity contribution < 1.29 is 18.3 Å². The maximum absolute atomic E-state index is 12.1. The molecule has 0 saturated heterocycles. The van der Waals surface area contributed by atoms with Crippen LogP contribution in [0.3, 0.4) is 0 Å². The van der Waals surface area contributed by atoms with Gasteiger partial charge >= 0.3 is 12.6 Å². The van der Waals surface area contributed by atoms with Crippen LogP contribution in [0.2, 0.25) is 0 Å². The molecule has 0 aromatic heterocycles. The van der Waals surface area contributed by atoms with Crippen LogP contribution in [0, 0.1) is 0 Å². The summed E-state index contributed by atoms with van der Waals surface area (Å²) in [6.07, 6.45) is 0.592. The summed E-state index contributed by atoms with van der Waals surface area (Å²) in [5, 5.41) is 5.64. The van der Waals surface area contributed by atoms with Crippen LogP contribution in [0.5, 0.6) is 5.75 Å². The first kappa shape index (κ1) is 19.2. The number of urea groups is 1. The number of hydrogen-bond acceptors (Lipinski definition) is 2. The maximum atomic E-state index is 12.1. The third-order valence-corrected chi connectivity index (χ3v) is 4.09. The van der Waals surface area contributed by atoms with E-state index in [0.717, 1.165) is 15.6 Å². The van der Waals surface area contributed by atoms with Gasteiger partial charge in [-0.3, -0.25) is 0 Å². The van der Waals surface area contributed by atoms with Gasteiger partial charge in [-0.1, -0.05) is 40.2 Å². The monoisotopic (exact) mass is 412 g/mol. The minimum Gasteiger partial charge on any atom is -0.435 e. The average Bonchev–Trinajstić information content (AvgIpc) is 2.56. The van der Waals surface area contributed by atoms with E-state index in [2.05, 4.69) is 31.3 Å². The van der Waals surface area contributed by atoms with Crippen molar-refractivity contribution in [2.45, 2.75) is 26.0 Å². The molecule has 0 saturated carbocycles. The first-order valence-electron chi connectivity index (χ1n) is 7.77. The lowest BCUT2D eigenvalue weighted by Gasteiger charge is -2.15. The zero-order valence-electron chi connectivity index (χ0n) is 13.6. The van der Waals surface area contributed by atoms with E-state index in [4.69, 9.17) is 0 Å². The van der Waals surface area contributed by atoms with Gasteiger partial charge in [-0.25, -0.2) is 4.79 Å². The van der Waals surface area contributed by atoms with Crippen molar-refractivity contribution in [1.29, 1.82) is 0 Å². The van der Waals surface area contributed by atoms with Gasteiger partial charge in [0.1, 0.15) is 5.75 Å². The molecular formula is C18H19BrF2N2O2. The van der Waals surface area contributed by atoms with Crippen molar-refractivity contribution in [2.24, 2.45) is 0 Å². The molecule has 2 rings (SSSR count). The molecule has 0 aliphatic carbocycles. The van der Waals surface area contributed by atoms with Crippen LogP contribution in [0.1, 0.15) is 24.1 Å². The second kappa shape index (κ2) is 9.36. The number of alkyl halides is 2. The Kier molecular flexibility index (Phi) is 7.18. The summed E-state index contributed by atoms with van der Waals surface area (Å²) in [7, 11) is 0. The topological polar surface area (TPSA) is 50.4 Å². The number of hydrogen-bond donors (Lipinski definition) is 2. The maximum Gasteiger partial charge on any atom is 0.387 e. The van der Waals surface area contributed by atoms with Crippen LogP contribution in [0.4, 0.5) is 13.6 Å². The van der Waals surface area contributed by atoms with Gasteiger partial charge in [-0.15, -0.1) is 0 Å². The van der Waals surface area contributed by atoms with E-state index in [-0.39, 0.29) is 17.8 Å². The van der Waals surface area contributed by atoms with Crippen LogP contribution >= 0.6 is 15.9 Å². The van der Waals surface area contributed by atoms with E-state index in [9.17, 15) is 13.6 Å². The fourth-order valence-corrected chi connectivity index (χ4v) is 2.50. The lowest BCUT2D eigenvalue weighted by molar-refractivity contribution is -0.0498. The molecule has 0 heterocycles. The van der Waals surface area contributed by atoms with Crippen molar-refractivity contribution in [3.8, 4) is 5.75 Å². The predicted octanol–water partition coefficient (Wildman–Crippen LogP) is 4.65. The second-order valence-corrected chi connectivity index (χ2v) is 6.36. The molecule has 0 bridgehead atoms. The van der Waals surface area contributed by atoms with Crippen LogP contribution in [-0.2, 0) is 6.42 Å². The summed E-state index contributed by atoms with van der Waals surface area (Å²) in [6, 6.07) is 13.7. The number of carbonyl (C=O) groups is 1. The largest absolute Gasteiger partial charge is 0.435 e. The van der Waals surface area contributed by atoms with E-state index in [1.807, 2.05) is 31.2 Å². The van der Waals surface area contributed by atoms with E-state index in [1.54, 1.807) is 12.1 Å².